The number of hydrogen-bond acceptors (Lipinski definition) is 7. The number of methoxy groups -OCH3 is 1. The van der Waals surface area contributed by atoms with E-state index in [0.29, 0.717) is 34.6 Å². The predicted molar refractivity (Wildman–Crippen MR) is 104 cm³/mol. The van der Waals surface area contributed by atoms with Crippen LogP contribution in [0.1, 0.15) is 16.2 Å². The number of benzene rings is 2. The average Bonchev–Trinajstić information content (AvgIpc) is 3.15. The first kappa shape index (κ1) is 17.6. The molecular weight excluding hydrogens is 360 g/mol. The summed E-state index contributed by atoms with van der Waals surface area (Å²) in [4.78, 5) is 21.3. The molecule has 0 aliphatic carbocycles. The zero-order valence-electron chi connectivity index (χ0n) is 15.4. The monoisotopic (exact) mass is 378 g/mol. The highest BCUT2D eigenvalue weighted by molar-refractivity contribution is 6.03. The number of aryl methyl sites for hydroxylation is 1. The second-order valence-electron chi connectivity index (χ2n) is 6.10. The number of fused-ring (bicyclic) bond motifs is 1. The molecule has 3 aromatic rings. The molecule has 8 heteroatoms. The van der Waals surface area contributed by atoms with E-state index in [4.69, 9.17) is 14.2 Å². The van der Waals surface area contributed by atoms with Crippen molar-refractivity contribution in [3.63, 3.8) is 0 Å². The smallest absolute Gasteiger partial charge is 0.274 e. The highest BCUT2D eigenvalue weighted by Gasteiger charge is 2.15. The summed E-state index contributed by atoms with van der Waals surface area (Å²) in [6.45, 7) is 2.00. The Balaban J connectivity index is 1.53. The number of aromatic nitrogens is 2. The van der Waals surface area contributed by atoms with E-state index in [1.54, 1.807) is 56.5 Å². The van der Waals surface area contributed by atoms with Crippen molar-refractivity contribution in [1.29, 1.82) is 0 Å². The lowest BCUT2D eigenvalue weighted by molar-refractivity contribution is 0.102. The standard InChI is InChI=1S/C20H18N4O4/c1-12-8-16(19(25)22-13-4-3-5-15(9-13)26-2)24-20(21-12)23-14-6-7-17-18(10-14)28-11-27-17/h3-10H,11H2,1-2H3,(H,22,25)(H,21,23,24). The van der Waals surface area contributed by atoms with Crippen molar-refractivity contribution in [3.8, 4) is 17.2 Å². The molecule has 8 nitrogen and oxygen atoms in total. The second-order valence-corrected chi connectivity index (χ2v) is 6.10. The average molecular weight is 378 g/mol. The summed E-state index contributed by atoms with van der Waals surface area (Å²) in [7, 11) is 1.57. The molecule has 142 valence electrons. The number of carbonyl (C=O) groups is 1. The fraction of sp³-hybridized carbons (Fsp3) is 0.150. The van der Waals surface area contributed by atoms with E-state index in [-0.39, 0.29) is 18.4 Å². The Bertz CT molecular complexity index is 1040. The zero-order valence-corrected chi connectivity index (χ0v) is 15.4. The van der Waals surface area contributed by atoms with Gasteiger partial charge in [-0.15, -0.1) is 0 Å². The minimum Gasteiger partial charge on any atom is -0.497 e. The van der Waals surface area contributed by atoms with Gasteiger partial charge in [-0.3, -0.25) is 4.79 Å². The quantitative estimate of drug-likeness (QED) is 0.701. The maximum Gasteiger partial charge on any atom is 0.274 e. The van der Waals surface area contributed by atoms with Gasteiger partial charge in [0.2, 0.25) is 12.7 Å². The molecule has 2 heterocycles. The van der Waals surface area contributed by atoms with Gasteiger partial charge < -0.3 is 24.8 Å². The molecule has 4 rings (SSSR count). The van der Waals surface area contributed by atoms with E-state index < -0.39 is 0 Å². The van der Waals surface area contributed by atoms with Crippen LogP contribution in [0, 0.1) is 6.92 Å². The summed E-state index contributed by atoms with van der Waals surface area (Å²) < 4.78 is 15.8. The topological polar surface area (TPSA) is 94.6 Å². The molecule has 28 heavy (non-hydrogen) atoms. The summed E-state index contributed by atoms with van der Waals surface area (Å²) in [5, 5.41) is 5.91. The third-order valence-corrected chi connectivity index (χ3v) is 4.04. The summed E-state index contributed by atoms with van der Waals surface area (Å²) in [6.07, 6.45) is 0. The van der Waals surface area contributed by atoms with Gasteiger partial charge in [-0.25, -0.2) is 9.97 Å². The lowest BCUT2D eigenvalue weighted by atomic mass is 10.2. The van der Waals surface area contributed by atoms with Crippen LogP contribution in [0.25, 0.3) is 0 Å². The zero-order chi connectivity index (χ0) is 19.5. The Morgan fingerprint density at radius 3 is 2.75 bits per heavy atom. The number of nitrogens with zero attached hydrogens (tertiary/aromatic N) is 2. The number of amides is 1. The Hall–Kier alpha value is -3.81. The predicted octanol–water partition coefficient (Wildman–Crippen LogP) is 3.52. The van der Waals surface area contributed by atoms with Gasteiger partial charge in [-0.1, -0.05) is 6.07 Å². The van der Waals surface area contributed by atoms with Crippen LogP contribution < -0.4 is 24.8 Å². The number of nitrogens with one attached hydrogen (secondary N) is 2. The van der Waals surface area contributed by atoms with Gasteiger partial charge in [-0.2, -0.15) is 0 Å². The molecule has 1 amide bonds. The fourth-order valence-corrected chi connectivity index (χ4v) is 2.74. The molecule has 0 saturated carbocycles. The maximum atomic E-state index is 12.6. The number of anilines is 3. The van der Waals surface area contributed by atoms with Gasteiger partial charge in [0.15, 0.2) is 11.5 Å². The first-order chi connectivity index (χ1) is 13.6. The van der Waals surface area contributed by atoms with Gasteiger partial charge >= 0.3 is 0 Å². The van der Waals surface area contributed by atoms with Crippen LogP contribution in [0.4, 0.5) is 17.3 Å². The minimum atomic E-state index is -0.340. The van der Waals surface area contributed by atoms with Gasteiger partial charge in [-0.05, 0) is 37.3 Å². The molecule has 2 N–H and O–H groups in total. The largest absolute Gasteiger partial charge is 0.497 e. The van der Waals surface area contributed by atoms with Crippen molar-refractivity contribution in [2.45, 2.75) is 6.92 Å². The molecule has 0 saturated heterocycles. The summed E-state index contributed by atoms with van der Waals surface area (Å²) in [5.41, 5.74) is 2.26. The number of carbonyl (C=O) groups excluding carboxylic acids is 1. The molecule has 0 spiro atoms. The van der Waals surface area contributed by atoms with Crippen LogP contribution in [0.2, 0.25) is 0 Å². The Morgan fingerprint density at radius 1 is 1.04 bits per heavy atom. The van der Waals surface area contributed by atoms with Crippen molar-refractivity contribution < 1.29 is 19.0 Å². The first-order valence-corrected chi connectivity index (χ1v) is 8.58. The molecule has 0 radical (unpaired) electrons. The van der Waals surface area contributed by atoms with Gasteiger partial charge in [0.1, 0.15) is 11.4 Å². The van der Waals surface area contributed by atoms with E-state index in [2.05, 4.69) is 20.6 Å². The van der Waals surface area contributed by atoms with E-state index in [9.17, 15) is 4.79 Å². The third kappa shape index (κ3) is 3.80. The summed E-state index contributed by atoms with van der Waals surface area (Å²) in [6, 6.07) is 14.2. The van der Waals surface area contributed by atoms with Gasteiger partial charge in [0.25, 0.3) is 5.91 Å². The molecule has 1 aliphatic heterocycles. The maximum absolute atomic E-state index is 12.6. The molecule has 1 aromatic heterocycles. The molecule has 2 aromatic carbocycles. The van der Waals surface area contributed by atoms with E-state index in [1.165, 1.54) is 0 Å². The highest BCUT2D eigenvalue weighted by Crippen LogP contribution is 2.34. The third-order valence-electron chi connectivity index (χ3n) is 4.04. The Labute approximate surface area is 161 Å². The Morgan fingerprint density at radius 2 is 1.89 bits per heavy atom. The first-order valence-electron chi connectivity index (χ1n) is 8.58. The van der Waals surface area contributed by atoms with Crippen LogP contribution in [0.5, 0.6) is 17.2 Å². The van der Waals surface area contributed by atoms with Crippen LogP contribution in [-0.2, 0) is 0 Å². The summed E-state index contributed by atoms with van der Waals surface area (Å²) in [5.74, 6) is 1.96. The molecule has 0 fully saturated rings. The van der Waals surface area contributed by atoms with Gasteiger partial charge in [0.05, 0.1) is 7.11 Å². The van der Waals surface area contributed by atoms with Crippen molar-refractivity contribution in [2.75, 3.05) is 24.5 Å². The molecule has 0 bridgehead atoms. The summed E-state index contributed by atoms with van der Waals surface area (Å²) >= 11 is 0. The number of ether oxygens (including phenoxy) is 3. The lowest BCUT2D eigenvalue weighted by Crippen LogP contribution is -2.15. The van der Waals surface area contributed by atoms with E-state index in [1.807, 2.05) is 6.07 Å². The van der Waals surface area contributed by atoms with Crippen molar-refractivity contribution >= 4 is 23.2 Å². The van der Waals surface area contributed by atoms with Crippen molar-refractivity contribution in [1.82, 2.24) is 9.97 Å². The number of rotatable bonds is 5. The van der Waals surface area contributed by atoms with Gasteiger partial charge in [0, 0.05) is 29.2 Å². The van der Waals surface area contributed by atoms with Crippen LogP contribution >= 0.6 is 0 Å². The van der Waals surface area contributed by atoms with Crippen molar-refractivity contribution in [2.24, 2.45) is 0 Å². The van der Waals surface area contributed by atoms with Crippen LogP contribution in [0.15, 0.2) is 48.5 Å². The van der Waals surface area contributed by atoms with Crippen LogP contribution in [0.3, 0.4) is 0 Å². The minimum absolute atomic E-state index is 0.203. The second kappa shape index (κ2) is 7.43. The van der Waals surface area contributed by atoms with E-state index >= 15 is 0 Å². The number of hydrogen-bond donors (Lipinski definition) is 2. The van der Waals surface area contributed by atoms with Crippen LogP contribution in [-0.4, -0.2) is 29.8 Å². The normalized spacial score (nSPS) is 11.8. The lowest BCUT2D eigenvalue weighted by Gasteiger charge is -2.10. The Kier molecular flexibility index (Phi) is 4.67. The molecular formula is C20H18N4O4. The highest BCUT2D eigenvalue weighted by atomic mass is 16.7. The molecule has 0 unspecified atom stereocenters. The van der Waals surface area contributed by atoms with Crippen molar-refractivity contribution in [3.05, 3.63) is 59.9 Å². The molecule has 0 atom stereocenters. The molecule has 1 aliphatic rings. The van der Waals surface area contributed by atoms with E-state index in [0.717, 1.165) is 5.69 Å². The SMILES string of the molecule is COc1cccc(NC(=O)c2cc(C)nc(Nc3ccc4c(c3)OCO4)n2)c1. The fourth-order valence-electron chi connectivity index (χ4n) is 2.74.